The van der Waals surface area contributed by atoms with Crippen LogP contribution >= 0.6 is 0 Å². The molecule has 4 nitrogen and oxygen atoms in total. The van der Waals surface area contributed by atoms with Crippen molar-refractivity contribution < 1.29 is 5.11 Å². The Labute approximate surface area is 91.5 Å². The maximum Gasteiger partial charge on any atom is 0.0534 e. The highest BCUT2D eigenvalue weighted by Crippen LogP contribution is 2.16. The molecule has 1 aromatic heterocycles. The molecule has 0 aliphatic heterocycles. The summed E-state index contributed by atoms with van der Waals surface area (Å²) >= 11 is 0. The summed E-state index contributed by atoms with van der Waals surface area (Å²) in [5, 5.41) is 13.3. The number of hydrogen-bond acceptors (Lipinski definition) is 3. The highest BCUT2D eigenvalue weighted by molar-refractivity contribution is 5.03. The lowest BCUT2D eigenvalue weighted by atomic mass is 9.94. The van der Waals surface area contributed by atoms with Crippen LogP contribution < -0.4 is 0 Å². The van der Waals surface area contributed by atoms with E-state index in [9.17, 15) is 0 Å². The molecule has 1 aromatic rings. The first kappa shape index (κ1) is 12.2. The van der Waals surface area contributed by atoms with E-state index in [1.807, 2.05) is 19.4 Å². The average molecular weight is 211 g/mol. The lowest BCUT2D eigenvalue weighted by molar-refractivity contribution is 0.112. The number of nitrogens with zero attached hydrogens (tertiary/aromatic N) is 3. The van der Waals surface area contributed by atoms with Gasteiger partial charge >= 0.3 is 0 Å². The van der Waals surface area contributed by atoms with Crippen molar-refractivity contribution in [1.29, 1.82) is 0 Å². The van der Waals surface area contributed by atoms with Crippen LogP contribution in [0.4, 0.5) is 0 Å². The van der Waals surface area contributed by atoms with Crippen LogP contribution in [0.25, 0.3) is 0 Å². The molecule has 1 heterocycles. The van der Waals surface area contributed by atoms with Crippen LogP contribution in [0.3, 0.4) is 0 Å². The molecular formula is C11H21N3O. The molecule has 15 heavy (non-hydrogen) atoms. The molecule has 0 saturated carbocycles. The molecule has 0 bridgehead atoms. The third kappa shape index (κ3) is 4.01. The standard InChI is InChI=1S/C11H21N3O/c1-11(2,9-15)8-13(3)6-10-5-12-14(4)7-10/h5,7,15H,6,8-9H2,1-4H3. The first-order valence-corrected chi connectivity index (χ1v) is 5.20. The van der Waals surface area contributed by atoms with Crippen molar-refractivity contribution in [2.45, 2.75) is 20.4 Å². The first-order chi connectivity index (χ1) is 6.93. The van der Waals surface area contributed by atoms with Crippen molar-refractivity contribution in [1.82, 2.24) is 14.7 Å². The van der Waals surface area contributed by atoms with E-state index in [-0.39, 0.29) is 12.0 Å². The van der Waals surface area contributed by atoms with Crippen LogP contribution in [-0.2, 0) is 13.6 Å². The van der Waals surface area contributed by atoms with Crippen LogP contribution in [0.15, 0.2) is 12.4 Å². The molecule has 0 radical (unpaired) electrons. The Morgan fingerprint density at radius 2 is 2.20 bits per heavy atom. The van der Waals surface area contributed by atoms with Gasteiger partial charge in [0.2, 0.25) is 0 Å². The molecular weight excluding hydrogens is 190 g/mol. The molecule has 0 saturated heterocycles. The summed E-state index contributed by atoms with van der Waals surface area (Å²) in [6.45, 7) is 6.08. The molecule has 0 aromatic carbocycles. The van der Waals surface area contributed by atoms with E-state index in [1.54, 1.807) is 4.68 Å². The van der Waals surface area contributed by atoms with Gasteiger partial charge in [-0.1, -0.05) is 13.8 Å². The van der Waals surface area contributed by atoms with E-state index in [4.69, 9.17) is 5.11 Å². The Morgan fingerprint density at radius 1 is 1.53 bits per heavy atom. The van der Waals surface area contributed by atoms with Gasteiger partial charge in [0.15, 0.2) is 0 Å². The molecule has 4 heteroatoms. The maximum atomic E-state index is 9.17. The first-order valence-electron chi connectivity index (χ1n) is 5.20. The minimum Gasteiger partial charge on any atom is -0.396 e. The number of aliphatic hydroxyl groups is 1. The quantitative estimate of drug-likeness (QED) is 0.785. The zero-order chi connectivity index (χ0) is 11.5. The summed E-state index contributed by atoms with van der Waals surface area (Å²) in [7, 11) is 3.98. The zero-order valence-corrected chi connectivity index (χ0v) is 10.1. The lowest BCUT2D eigenvalue weighted by Crippen LogP contribution is -2.33. The third-order valence-electron chi connectivity index (χ3n) is 2.34. The number of rotatable bonds is 5. The average Bonchev–Trinajstić information content (AvgIpc) is 2.50. The second-order valence-corrected chi connectivity index (χ2v) is 5.02. The van der Waals surface area contributed by atoms with Crippen molar-refractivity contribution in [2.24, 2.45) is 12.5 Å². The van der Waals surface area contributed by atoms with Crippen molar-refractivity contribution in [3.63, 3.8) is 0 Å². The van der Waals surface area contributed by atoms with Crippen LogP contribution in [0.2, 0.25) is 0 Å². The monoisotopic (exact) mass is 211 g/mol. The van der Waals surface area contributed by atoms with E-state index in [0.717, 1.165) is 13.1 Å². The van der Waals surface area contributed by atoms with Crippen LogP contribution in [0, 0.1) is 5.41 Å². The Balaban J connectivity index is 2.46. The van der Waals surface area contributed by atoms with Crippen molar-refractivity contribution in [3.8, 4) is 0 Å². The van der Waals surface area contributed by atoms with Gasteiger partial charge in [0.05, 0.1) is 6.20 Å². The van der Waals surface area contributed by atoms with Gasteiger partial charge in [0, 0.05) is 43.9 Å². The third-order valence-corrected chi connectivity index (χ3v) is 2.34. The topological polar surface area (TPSA) is 41.3 Å². The fraction of sp³-hybridized carbons (Fsp3) is 0.727. The highest BCUT2D eigenvalue weighted by atomic mass is 16.3. The SMILES string of the molecule is CN(Cc1cnn(C)c1)CC(C)(C)CO. The molecule has 1 rings (SSSR count). The largest absolute Gasteiger partial charge is 0.396 e. The second kappa shape index (κ2) is 4.77. The normalized spacial score (nSPS) is 12.4. The van der Waals surface area contributed by atoms with Gasteiger partial charge in [-0.3, -0.25) is 4.68 Å². The smallest absolute Gasteiger partial charge is 0.0534 e. The predicted octanol–water partition coefficient (Wildman–Crippen LogP) is 0.870. The van der Waals surface area contributed by atoms with E-state index in [2.05, 4.69) is 30.9 Å². The fourth-order valence-corrected chi connectivity index (χ4v) is 1.70. The van der Waals surface area contributed by atoms with Gasteiger partial charge < -0.3 is 10.0 Å². The van der Waals surface area contributed by atoms with Crippen molar-refractivity contribution >= 4 is 0 Å². The van der Waals surface area contributed by atoms with E-state index < -0.39 is 0 Å². The number of aliphatic hydroxyl groups excluding tert-OH is 1. The Hall–Kier alpha value is -0.870. The molecule has 86 valence electrons. The van der Waals surface area contributed by atoms with Gasteiger partial charge in [-0.05, 0) is 7.05 Å². The Morgan fingerprint density at radius 3 is 2.67 bits per heavy atom. The van der Waals surface area contributed by atoms with Crippen LogP contribution in [0.1, 0.15) is 19.4 Å². The molecule has 0 atom stereocenters. The minimum absolute atomic E-state index is 0.0447. The van der Waals surface area contributed by atoms with Crippen LogP contribution in [0.5, 0.6) is 0 Å². The van der Waals surface area contributed by atoms with E-state index >= 15 is 0 Å². The second-order valence-electron chi connectivity index (χ2n) is 5.02. The molecule has 0 fully saturated rings. The fourth-order valence-electron chi connectivity index (χ4n) is 1.70. The van der Waals surface area contributed by atoms with Gasteiger partial charge in [0.1, 0.15) is 0 Å². The predicted molar refractivity (Wildman–Crippen MR) is 60.4 cm³/mol. The molecule has 0 aliphatic carbocycles. The lowest BCUT2D eigenvalue weighted by Gasteiger charge is -2.28. The van der Waals surface area contributed by atoms with Gasteiger partial charge in [0.25, 0.3) is 0 Å². The highest BCUT2D eigenvalue weighted by Gasteiger charge is 2.18. The molecule has 0 aliphatic rings. The van der Waals surface area contributed by atoms with Crippen LogP contribution in [-0.4, -0.2) is 40.0 Å². The molecule has 0 amide bonds. The summed E-state index contributed by atoms with van der Waals surface area (Å²) < 4.78 is 1.81. The summed E-state index contributed by atoms with van der Waals surface area (Å²) in [5.41, 5.74) is 1.16. The number of aryl methyl sites for hydroxylation is 1. The summed E-state index contributed by atoms with van der Waals surface area (Å²) in [6.07, 6.45) is 3.89. The number of hydrogen-bond donors (Lipinski definition) is 1. The molecule has 1 N–H and O–H groups in total. The summed E-state index contributed by atoms with van der Waals surface area (Å²) in [6, 6.07) is 0. The van der Waals surface area contributed by atoms with E-state index in [1.165, 1.54) is 5.56 Å². The van der Waals surface area contributed by atoms with Gasteiger partial charge in [-0.15, -0.1) is 0 Å². The zero-order valence-electron chi connectivity index (χ0n) is 10.1. The van der Waals surface area contributed by atoms with E-state index in [0.29, 0.717) is 0 Å². The van der Waals surface area contributed by atoms with Gasteiger partial charge in [-0.25, -0.2) is 0 Å². The molecule has 0 unspecified atom stereocenters. The van der Waals surface area contributed by atoms with Crippen molar-refractivity contribution in [3.05, 3.63) is 18.0 Å². The maximum absolute atomic E-state index is 9.17. The Bertz CT molecular complexity index is 307. The van der Waals surface area contributed by atoms with Crippen molar-refractivity contribution in [2.75, 3.05) is 20.2 Å². The minimum atomic E-state index is -0.0447. The Kier molecular flexibility index (Phi) is 3.88. The number of aromatic nitrogens is 2. The summed E-state index contributed by atoms with van der Waals surface area (Å²) in [5.74, 6) is 0. The summed E-state index contributed by atoms with van der Waals surface area (Å²) in [4.78, 5) is 2.20. The molecule has 0 spiro atoms. The van der Waals surface area contributed by atoms with Gasteiger partial charge in [-0.2, -0.15) is 5.10 Å².